The van der Waals surface area contributed by atoms with E-state index >= 15 is 0 Å². The first-order valence-corrected chi connectivity index (χ1v) is 4.50. The minimum Gasteiger partial charge on any atom is -0.382 e. The second-order valence-corrected chi connectivity index (χ2v) is 3.04. The molecule has 2 rings (SSSR count). The lowest BCUT2D eigenvalue weighted by Crippen LogP contribution is -2.13. The predicted octanol–water partition coefficient (Wildman–Crippen LogP) is 2.27. The molecule has 0 aliphatic carbocycles. The van der Waals surface area contributed by atoms with Gasteiger partial charge in [-0.15, -0.1) is 24.8 Å². The van der Waals surface area contributed by atoms with Gasteiger partial charge in [-0.05, 0) is 24.3 Å². The summed E-state index contributed by atoms with van der Waals surface area (Å²) in [6.45, 7) is 0. The summed E-state index contributed by atoms with van der Waals surface area (Å²) in [5.74, 6) is -0.0345. The number of nitrogens with two attached hydrogens (primary N) is 1. The topological polar surface area (TPSA) is 75.7 Å². The van der Waals surface area contributed by atoms with Crippen molar-refractivity contribution in [1.29, 1.82) is 5.41 Å². The summed E-state index contributed by atoms with van der Waals surface area (Å²) in [6, 6.07) is 11.0. The Kier molecular flexibility index (Phi) is 6.17. The minimum absolute atomic E-state index is 0. The molecule has 0 amide bonds. The van der Waals surface area contributed by atoms with Crippen molar-refractivity contribution >= 4 is 30.6 Å². The van der Waals surface area contributed by atoms with Crippen molar-refractivity contribution < 1.29 is 0 Å². The van der Waals surface area contributed by atoms with Gasteiger partial charge < -0.3 is 5.73 Å². The highest BCUT2D eigenvalue weighted by atomic mass is 35.5. The molecule has 6 heteroatoms. The molecule has 2 aromatic rings. The maximum Gasteiger partial charge on any atom is 0.141 e. The summed E-state index contributed by atoms with van der Waals surface area (Å²) in [5.41, 5.74) is 7.34. The number of aromatic nitrogens is 2. The molecule has 0 saturated carbocycles. The van der Waals surface area contributed by atoms with Crippen LogP contribution in [0.1, 0.15) is 5.69 Å². The van der Waals surface area contributed by atoms with E-state index in [1.54, 1.807) is 12.3 Å². The summed E-state index contributed by atoms with van der Waals surface area (Å²) in [5, 5.41) is 7.29. The fourth-order valence-electron chi connectivity index (χ4n) is 1.24. The van der Waals surface area contributed by atoms with Crippen LogP contribution in [0.5, 0.6) is 0 Å². The standard InChI is InChI=1S/C11H10N4.2ClH/c12-11(13)10-6-3-5-9(15-10)8-4-1-2-7-14-8;;/h1-7H,(H3,12,13);2*1H. The fourth-order valence-corrected chi connectivity index (χ4v) is 1.24. The lowest BCUT2D eigenvalue weighted by molar-refractivity contribution is 1.22. The van der Waals surface area contributed by atoms with Crippen LogP contribution >= 0.6 is 24.8 Å². The van der Waals surface area contributed by atoms with Crippen LogP contribution in [0.25, 0.3) is 11.4 Å². The zero-order chi connectivity index (χ0) is 10.7. The highest BCUT2D eigenvalue weighted by Crippen LogP contribution is 2.13. The van der Waals surface area contributed by atoms with Gasteiger partial charge in [0.15, 0.2) is 0 Å². The molecular formula is C11H12Cl2N4. The molecular weight excluding hydrogens is 259 g/mol. The van der Waals surface area contributed by atoms with Gasteiger partial charge in [0.05, 0.1) is 11.4 Å². The number of pyridine rings is 2. The zero-order valence-electron chi connectivity index (χ0n) is 8.83. The van der Waals surface area contributed by atoms with Crippen LogP contribution in [0.4, 0.5) is 0 Å². The van der Waals surface area contributed by atoms with E-state index < -0.39 is 0 Å². The molecule has 2 heterocycles. The van der Waals surface area contributed by atoms with Crippen LogP contribution in [-0.2, 0) is 0 Å². The number of nitrogen functional groups attached to an aromatic ring is 1. The SMILES string of the molecule is Cl.Cl.N=C(N)c1cccc(-c2ccccn2)n1. The van der Waals surface area contributed by atoms with Crippen LogP contribution in [0.2, 0.25) is 0 Å². The van der Waals surface area contributed by atoms with Crippen molar-refractivity contribution in [2.45, 2.75) is 0 Å². The third-order valence-electron chi connectivity index (χ3n) is 1.95. The molecule has 0 unspecified atom stereocenters. The molecule has 0 spiro atoms. The van der Waals surface area contributed by atoms with Crippen LogP contribution in [-0.4, -0.2) is 15.8 Å². The molecule has 0 atom stereocenters. The smallest absolute Gasteiger partial charge is 0.141 e. The van der Waals surface area contributed by atoms with Crippen molar-refractivity contribution in [1.82, 2.24) is 9.97 Å². The summed E-state index contributed by atoms with van der Waals surface area (Å²) in [4.78, 5) is 8.41. The molecule has 0 aliphatic rings. The predicted molar refractivity (Wildman–Crippen MR) is 73.0 cm³/mol. The molecule has 17 heavy (non-hydrogen) atoms. The number of amidine groups is 1. The zero-order valence-corrected chi connectivity index (χ0v) is 10.5. The number of nitrogens with zero attached hydrogens (tertiary/aromatic N) is 2. The fraction of sp³-hybridized carbons (Fsp3) is 0. The Morgan fingerprint density at radius 1 is 1.00 bits per heavy atom. The molecule has 0 radical (unpaired) electrons. The van der Waals surface area contributed by atoms with Gasteiger partial charge in [-0.1, -0.05) is 12.1 Å². The highest BCUT2D eigenvalue weighted by Gasteiger charge is 2.02. The summed E-state index contributed by atoms with van der Waals surface area (Å²) >= 11 is 0. The van der Waals surface area contributed by atoms with E-state index in [-0.39, 0.29) is 30.6 Å². The Hall–Kier alpha value is -1.65. The quantitative estimate of drug-likeness (QED) is 0.649. The Morgan fingerprint density at radius 3 is 2.29 bits per heavy atom. The average molecular weight is 271 g/mol. The van der Waals surface area contributed by atoms with Crippen molar-refractivity contribution in [3.8, 4) is 11.4 Å². The normalized spacial score (nSPS) is 8.71. The number of rotatable bonds is 2. The van der Waals surface area contributed by atoms with E-state index in [0.29, 0.717) is 5.69 Å². The van der Waals surface area contributed by atoms with Gasteiger partial charge in [-0.3, -0.25) is 10.4 Å². The van der Waals surface area contributed by atoms with Crippen LogP contribution < -0.4 is 5.73 Å². The van der Waals surface area contributed by atoms with Crippen LogP contribution in [0, 0.1) is 5.41 Å². The lowest BCUT2D eigenvalue weighted by Gasteiger charge is -2.01. The van der Waals surface area contributed by atoms with Gasteiger partial charge >= 0.3 is 0 Å². The molecule has 2 aromatic heterocycles. The first kappa shape index (κ1) is 15.3. The second-order valence-electron chi connectivity index (χ2n) is 3.04. The summed E-state index contributed by atoms with van der Waals surface area (Å²) < 4.78 is 0. The highest BCUT2D eigenvalue weighted by molar-refractivity contribution is 5.93. The van der Waals surface area contributed by atoms with Gasteiger partial charge in [0.2, 0.25) is 0 Å². The molecule has 3 N–H and O–H groups in total. The van der Waals surface area contributed by atoms with E-state index in [0.717, 1.165) is 11.4 Å². The Labute approximate surface area is 112 Å². The molecule has 0 saturated heterocycles. The number of hydrogen-bond acceptors (Lipinski definition) is 3. The van der Waals surface area contributed by atoms with E-state index in [2.05, 4.69) is 9.97 Å². The second kappa shape index (κ2) is 6.83. The van der Waals surface area contributed by atoms with Crippen LogP contribution in [0.3, 0.4) is 0 Å². The Balaban J connectivity index is 0.00000128. The minimum atomic E-state index is -0.0345. The van der Waals surface area contributed by atoms with Crippen molar-refractivity contribution in [3.63, 3.8) is 0 Å². The van der Waals surface area contributed by atoms with Gasteiger partial charge in [-0.25, -0.2) is 4.98 Å². The van der Waals surface area contributed by atoms with E-state index in [4.69, 9.17) is 11.1 Å². The Bertz CT molecular complexity index is 488. The maximum atomic E-state index is 7.29. The third kappa shape index (κ3) is 3.69. The molecule has 0 aromatic carbocycles. The van der Waals surface area contributed by atoms with E-state index in [1.807, 2.05) is 30.3 Å². The van der Waals surface area contributed by atoms with E-state index in [1.165, 1.54) is 0 Å². The molecule has 0 fully saturated rings. The first-order chi connectivity index (χ1) is 7.27. The number of hydrogen-bond donors (Lipinski definition) is 2. The monoisotopic (exact) mass is 270 g/mol. The van der Waals surface area contributed by atoms with Crippen molar-refractivity contribution in [3.05, 3.63) is 48.3 Å². The van der Waals surface area contributed by atoms with E-state index in [9.17, 15) is 0 Å². The Morgan fingerprint density at radius 2 is 1.71 bits per heavy atom. The number of nitrogens with one attached hydrogen (secondary N) is 1. The molecule has 4 nitrogen and oxygen atoms in total. The molecule has 0 aliphatic heterocycles. The first-order valence-electron chi connectivity index (χ1n) is 4.50. The van der Waals surface area contributed by atoms with Crippen molar-refractivity contribution in [2.75, 3.05) is 0 Å². The largest absolute Gasteiger partial charge is 0.382 e. The molecule has 0 bridgehead atoms. The van der Waals surface area contributed by atoms with Gasteiger partial charge in [-0.2, -0.15) is 0 Å². The number of halogens is 2. The van der Waals surface area contributed by atoms with Gasteiger partial charge in [0.25, 0.3) is 0 Å². The summed E-state index contributed by atoms with van der Waals surface area (Å²) in [6.07, 6.45) is 1.71. The van der Waals surface area contributed by atoms with Crippen molar-refractivity contribution in [2.24, 2.45) is 5.73 Å². The lowest BCUT2D eigenvalue weighted by atomic mass is 10.2. The maximum absolute atomic E-state index is 7.29. The van der Waals surface area contributed by atoms with Gasteiger partial charge in [0.1, 0.15) is 11.5 Å². The third-order valence-corrected chi connectivity index (χ3v) is 1.95. The summed E-state index contributed by atoms with van der Waals surface area (Å²) in [7, 11) is 0. The molecule has 90 valence electrons. The van der Waals surface area contributed by atoms with Gasteiger partial charge in [0, 0.05) is 6.20 Å². The average Bonchev–Trinajstić information content (AvgIpc) is 2.30. The van der Waals surface area contributed by atoms with Crippen LogP contribution in [0.15, 0.2) is 42.6 Å².